The fourth-order valence-corrected chi connectivity index (χ4v) is 3.60. The van der Waals surface area contributed by atoms with Crippen LogP contribution in [0.15, 0.2) is 12.5 Å². The highest BCUT2D eigenvalue weighted by molar-refractivity contribution is 6.00. The summed E-state index contributed by atoms with van der Waals surface area (Å²) < 4.78 is 12.3. The molecular weight excluding hydrogens is 296 g/mol. The number of rotatable bonds is 5. The van der Waals surface area contributed by atoms with Crippen LogP contribution in [0.2, 0.25) is 0 Å². The SMILES string of the molecule is COC(=O)C(C(=O)OC1CCCC1)c1cn(C2CCCC2)cn1. The van der Waals surface area contributed by atoms with Gasteiger partial charge in [0.05, 0.1) is 19.1 Å². The summed E-state index contributed by atoms with van der Waals surface area (Å²) in [5.74, 6) is -2.23. The van der Waals surface area contributed by atoms with Crippen molar-refractivity contribution >= 4 is 11.9 Å². The van der Waals surface area contributed by atoms with Crippen LogP contribution in [0.5, 0.6) is 0 Å². The Bertz CT molecular complexity index is 557. The first-order chi connectivity index (χ1) is 11.2. The molecule has 1 unspecified atom stereocenters. The van der Waals surface area contributed by atoms with Gasteiger partial charge in [-0.15, -0.1) is 0 Å². The van der Waals surface area contributed by atoms with Gasteiger partial charge in [0.1, 0.15) is 6.10 Å². The summed E-state index contributed by atoms with van der Waals surface area (Å²) in [5, 5.41) is 0. The summed E-state index contributed by atoms with van der Waals surface area (Å²) in [7, 11) is 1.28. The number of methoxy groups -OCH3 is 1. The zero-order valence-electron chi connectivity index (χ0n) is 13.6. The summed E-state index contributed by atoms with van der Waals surface area (Å²) in [6.07, 6.45) is 12.0. The summed E-state index contributed by atoms with van der Waals surface area (Å²) in [5.41, 5.74) is 0.423. The number of imidazole rings is 1. The van der Waals surface area contributed by atoms with Gasteiger partial charge in [0.25, 0.3) is 0 Å². The molecule has 1 aromatic rings. The molecule has 2 aliphatic carbocycles. The Hall–Kier alpha value is -1.85. The maximum absolute atomic E-state index is 12.5. The summed E-state index contributed by atoms with van der Waals surface area (Å²) in [6.45, 7) is 0. The van der Waals surface area contributed by atoms with Crippen LogP contribution >= 0.6 is 0 Å². The van der Waals surface area contributed by atoms with Gasteiger partial charge in [-0.25, -0.2) is 4.98 Å². The molecule has 0 N–H and O–H groups in total. The third-order valence-corrected chi connectivity index (χ3v) is 4.92. The molecule has 0 radical (unpaired) electrons. The van der Waals surface area contributed by atoms with E-state index in [4.69, 9.17) is 9.47 Å². The number of carbonyl (C=O) groups is 2. The molecule has 1 atom stereocenters. The lowest BCUT2D eigenvalue weighted by Crippen LogP contribution is -2.28. The minimum atomic E-state index is -1.08. The average molecular weight is 320 g/mol. The van der Waals surface area contributed by atoms with Crippen LogP contribution in [-0.2, 0) is 19.1 Å². The highest BCUT2D eigenvalue weighted by Gasteiger charge is 2.35. The molecule has 3 rings (SSSR count). The van der Waals surface area contributed by atoms with Gasteiger partial charge in [0, 0.05) is 12.2 Å². The standard InChI is InChI=1S/C17H24N2O4/c1-22-16(20)15(17(21)23-13-8-4-5-9-13)14-10-19(11-18-14)12-6-2-3-7-12/h10-13,15H,2-9H2,1H3. The first-order valence-corrected chi connectivity index (χ1v) is 8.50. The molecule has 1 heterocycles. The molecule has 2 aliphatic rings. The van der Waals surface area contributed by atoms with Crippen molar-refractivity contribution < 1.29 is 19.1 Å². The van der Waals surface area contributed by atoms with Crippen molar-refractivity contribution in [1.29, 1.82) is 0 Å². The molecule has 6 nitrogen and oxygen atoms in total. The Morgan fingerprint density at radius 2 is 1.78 bits per heavy atom. The van der Waals surface area contributed by atoms with Crippen molar-refractivity contribution in [3.63, 3.8) is 0 Å². The maximum atomic E-state index is 12.5. The summed E-state index contributed by atoms with van der Waals surface area (Å²) in [4.78, 5) is 28.8. The van der Waals surface area contributed by atoms with E-state index >= 15 is 0 Å². The van der Waals surface area contributed by atoms with Crippen LogP contribution < -0.4 is 0 Å². The largest absolute Gasteiger partial charge is 0.468 e. The molecule has 0 bridgehead atoms. The predicted octanol–water partition coefficient (Wildman–Crippen LogP) is 2.74. The Morgan fingerprint density at radius 1 is 1.13 bits per heavy atom. The second kappa shape index (κ2) is 7.15. The first-order valence-electron chi connectivity index (χ1n) is 8.50. The molecule has 2 fully saturated rings. The van der Waals surface area contributed by atoms with Gasteiger partial charge in [-0.2, -0.15) is 0 Å². The second-order valence-electron chi connectivity index (χ2n) is 6.48. The van der Waals surface area contributed by atoms with E-state index in [1.165, 1.54) is 20.0 Å². The van der Waals surface area contributed by atoms with Crippen molar-refractivity contribution in [1.82, 2.24) is 9.55 Å². The summed E-state index contributed by atoms with van der Waals surface area (Å²) in [6, 6.07) is 0.417. The van der Waals surface area contributed by atoms with Crippen molar-refractivity contribution in [2.75, 3.05) is 7.11 Å². The minimum absolute atomic E-state index is 0.0772. The summed E-state index contributed by atoms with van der Waals surface area (Å²) >= 11 is 0. The highest BCUT2D eigenvalue weighted by Crippen LogP contribution is 2.31. The highest BCUT2D eigenvalue weighted by atomic mass is 16.6. The van der Waals surface area contributed by atoms with Crippen LogP contribution in [0.3, 0.4) is 0 Å². The third-order valence-electron chi connectivity index (χ3n) is 4.92. The maximum Gasteiger partial charge on any atom is 0.326 e. The van der Waals surface area contributed by atoms with E-state index in [1.54, 1.807) is 12.5 Å². The molecule has 0 aromatic carbocycles. The molecule has 0 spiro atoms. The Labute approximate surface area is 136 Å². The van der Waals surface area contributed by atoms with Gasteiger partial charge < -0.3 is 14.0 Å². The van der Waals surface area contributed by atoms with Crippen molar-refractivity contribution in [3.8, 4) is 0 Å². The van der Waals surface area contributed by atoms with Crippen LogP contribution in [0.1, 0.15) is 69.0 Å². The van der Waals surface area contributed by atoms with E-state index in [-0.39, 0.29) is 6.10 Å². The molecule has 0 saturated heterocycles. The third kappa shape index (κ3) is 3.57. The smallest absolute Gasteiger partial charge is 0.326 e. The van der Waals surface area contributed by atoms with Gasteiger partial charge in [-0.3, -0.25) is 9.59 Å². The fourth-order valence-electron chi connectivity index (χ4n) is 3.60. The van der Waals surface area contributed by atoms with Gasteiger partial charge in [-0.05, 0) is 38.5 Å². The number of hydrogen-bond donors (Lipinski definition) is 0. The van der Waals surface area contributed by atoms with Crippen LogP contribution in [0.25, 0.3) is 0 Å². The van der Waals surface area contributed by atoms with E-state index in [1.807, 2.05) is 4.57 Å². The van der Waals surface area contributed by atoms with Crippen LogP contribution in [-0.4, -0.2) is 34.7 Å². The average Bonchev–Trinajstić information content (AvgIpc) is 3.29. The lowest BCUT2D eigenvalue weighted by molar-refractivity contribution is -0.159. The molecule has 23 heavy (non-hydrogen) atoms. The number of nitrogens with zero attached hydrogens (tertiary/aromatic N) is 2. The first kappa shape index (κ1) is 16.0. The number of carbonyl (C=O) groups excluding carboxylic acids is 2. The lowest BCUT2D eigenvalue weighted by atomic mass is 10.1. The molecule has 2 saturated carbocycles. The number of aromatic nitrogens is 2. The molecule has 0 amide bonds. The number of ether oxygens (including phenoxy) is 2. The quantitative estimate of drug-likeness (QED) is 0.616. The molecule has 6 heteroatoms. The second-order valence-corrected chi connectivity index (χ2v) is 6.48. The number of hydrogen-bond acceptors (Lipinski definition) is 5. The van der Waals surface area contributed by atoms with E-state index in [0.717, 1.165) is 38.5 Å². The lowest BCUT2D eigenvalue weighted by Gasteiger charge is -2.16. The van der Waals surface area contributed by atoms with Crippen LogP contribution in [0.4, 0.5) is 0 Å². The zero-order valence-corrected chi connectivity index (χ0v) is 13.6. The van der Waals surface area contributed by atoms with Crippen molar-refractivity contribution in [2.45, 2.75) is 69.4 Å². The molecule has 1 aromatic heterocycles. The van der Waals surface area contributed by atoms with Gasteiger partial charge >= 0.3 is 11.9 Å². The topological polar surface area (TPSA) is 70.4 Å². The number of esters is 2. The predicted molar refractivity (Wildman–Crippen MR) is 82.8 cm³/mol. The fraction of sp³-hybridized carbons (Fsp3) is 0.706. The normalized spacial score (nSPS) is 20.6. The van der Waals surface area contributed by atoms with E-state index < -0.39 is 17.9 Å². The van der Waals surface area contributed by atoms with Gasteiger partial charge in [0.15, 0.2) is 5.92 Å². The Balaban J connectivity index is 1.75. The van der Waals surface area contributed by atoms with E-state index in [9.17, 15) is 9.59 Å². The Kier molecular flexibility index (Phi) is 4.98. The molecular formula is C17H24N2O4. The van der Waals surface area contributed by atoms with Gasteiger partial charge in [0.2, 0.25) is 0 Å². The minimum Gasteiger partial charge on any atom is -0.468 e. The molecule has 0 aliphatic heterocycles. The van der Waals surface area contributed by atoms with E-state index in [2.05, 4.69) is 4.98 Å². The van der Waals surface area contributed by atoms with Gasteiger partial charge in [-0.1, -0.05) is 12.8 Å². The Morgan fingerprint density at radius 3 is 2.43 bits per heavy atom. The zero-order chi connectivity index (χ0) is 16.2. The molecule has 126 valence electrons. The van der Waals surface area contributed by atoms with Crippen molar-refractivity contribution in [2.24, 2.45) is 0 Å². The van der Waals surface area contributed by atoms with Crippen molar-refractivity contribution in [3.05, 3.63) is 18.2 Å². The monoisotopic (exact) mass is 320 g/mol. The van der Waals surface area contributed by atoms with Crippen LogP contribution in [0, 0.1) is 0 Å². The van der Waals surface area contributed by atoms with E-state index in [0.29, 0.717) is 11.7 Å².